The molecule has 0 bridgehead atoms. The maximum Gasteiger partial charge on any atom is 0.180 e. The molecule has 0 saturated heterocycles. The van der Waals surface area contributed by atoms with Crippen molar-refractivity contribution in [2.45, 2.75) is 12.5 Å². The summed E-state index contributed by atoms with van der Waals surface area (Å²) in [6.07, 6.45) is 2.46. The summed E-state index contributed by atoms with van der Waals surface area (Å²) in [5.74, 6) is 0.153. The number of hydrogen-bond acceptors (Lipinski definition) is 2. The maximum atomic E-state index is 12.1. The van der Waals surface area contributed by atoms with Gasteiger partial charge in [0.2, 0.25) is 0 Å². The lowest BCUT2D eigenvalue weighted by molar-refractivity contribution is 0.0877. The van der Waals surface area contributed by atoms with Crippen LogP contribution in [0.1, 0.15) is 16.8 Å². The minimum atomic E-state index is -0.107. The van der Waals surface area contributed by atoms with Crippen LogP contribution in [0.3, 0.4) is 0 Å². The van der Waals surface area contributed by atoms with Crippen molar-refractivity contribution in [2.24, 2.45) is 0 Å². The molecule has 1 unspecified atom stereocenters. The van der Waals surface area contributed by atoms with Gasteiger partial charge in [-0.15, -0.1) is 6.58 Å². The van der Waals surface area contributed by atoms with E-state index in [1.54, 1.807) is 6.08 Å². The van der Waals surface area contributed by atoms with Gasteiger partial charge in [0.05, 0.1) is 6.04 Å². The molecule has 0 amide bonds. The van der Waals surface area contributed by atoms with E-state index in [0.717, 1.165) is 5.56 Å². The van der Waals surface area contributed by atoms with E-state index in [1.165, 1.54) is 0 Å². The number of hydrogen-bond donors (Lipinski definition) is 0. The molecule has 0 aliphatic rings. The van der Waals surface area contributed by atoms with Gasteiger partial charge < -0.3 is 0 Å². The van der Waals surface area contributed by atoms with E-state index in [2.05, 4.69) is 6.58 Å². The van der Waals surface area contributed by atoms with Crippen LogP contribution in [0, 0.1) is 0 Å². The highest BCUT2D eigenvalue weighted by Crippen LogP contribution is 2.10. The van der Waals surface area contributed by atoms with Gasteiger partial charge >= 0.3 is 0 Å². The third-order valence-corrected chi connectivity index (χ3v) is 2.37. The number of carbonyl (C=O) groups is 1. The molecule has 1 atom stereocenters. The highest BCUT2D eigenvalue weighted by atomic mass is 16.1. The zero-order chi connectivity index (χ0) is 11.3. The number of Topliss-reactive ketones (excluding diaryl/α,β-unsaturated/α-hetero) is 1. The second-order valence-corrected chi connectivity index (χ2v) is 3.73. The molecule has 0 radical (unpaired) electrons. The molecule has 2 heteroatoms. The Morgan fingerprint density at radius 1 is 1.40 bits per heavy atom. The number of nitrogens with zero attached hydrogens (tertiary/aromatic N) is 1. The minimum absolute atomic E-state index is 0.107. The summed E-state index contributed by atoms with van der Waals surface area (Å²) >= 11 is 0. The van der Waals surface area contributed by atoms with E-state index < -0.39 is 0 Å². The lowest BCUT2D eigenvalue weighted by atomic mass is 10.0. The molecule has 2 nitrogen and oxygen atoms in total. The number of likely N-dealkylation sites (N-methyl/N-ethyl adjacent to an activating group) is 1. The fraction of sp³-hybridized carbons (Fsp3) is 0.308. The van der Waals surface area contributed by atoms with Gasteiger partial charge in [0.15, 0.2) is 5.78 Å². The predicted octanol–water partition coefficient (Wildman–Crippen LogP) is 2.38. The van der Waals surface area contributed by atoms with E-state index >= 15 is 0 Å². The molecule has 1 aromatic rings. The summed E-state index contributed by atoms with van der Waals surface area (Å²) in [7, 11) is 3.82. The van der Waals surface area contributed by atoms with Gasteiger partial charge in [0, 0.05) is 5.56 Å². The average Bonchev–Trinajstić information content (AvgIpc) is 2.26. The Hall–Kier alpha value is -1.41. The molecule has 0 spiro atoms. The maximum absolute atomic E-state index is 12.1. The van der Waals surface area contributed by atoms with E-state index in [9.17, 15) is 4.79 Å². The van der Waals surface area contributed by atoms with E-state index in [-0.39, 0.29) is 11.8 Å². The van der Waals surface area contributed by atoms with Crippen LogP contribution in [0.2, 0.25) is 0 Å². The van der Waals surface area contributed by atoms with Crippen LogP contribution in [0.4, 0.5) is 0 Å². The van der Waals surface area contributed by atoms with Crippen molar-refractivity contribution < 1.29 is 4.79 Å². The molecule has 0 aliphatic carbocycles. The molecule has 0 saturated carbocycles. The fourth-order valence-corrected chi connectivity index (χ4v) is 1.51. The molecular weight excluding hydrogens is 186 g/mol. The first-order chi connectivity index (χ1) is 7.16. The van der Waals surface area contributed by atoms with Crippen molar-refractivity contribution in [1.29, 1.82) is 0 Å². The van der Waals surface area contributed by atoms with Crippen LogP contribution in [0.25, 0.3) is 0 Å². The third-order valence-electron chi connectivity index (χ3n) is 2.37. The van der Waals surface area contributed by atoms with Crippen LogP contribution in [-0.2, 0) is 0 Å². The first kappa shape index (κ1) is 11.7. The average molecular weight is 203 g/mol. The minimum Gasteiger partial charge on any atom is -0.299 e. The van der Waals surface area contributed by atoms with Gasteiger partial charge in [-0.2, -0.15) is 0 Å². The summed E-state index contributed by atoms with van der Waals surface area (Å²) < 4.78 is 0. The SMILES string of the molecule is C=CCC(C(=O)c1ccccc1)N(C)C. The molecule has 0 aromatic heterocycles. The van der Waals surface area contributed by atoms with Crippen LogP contribution in [0.15, 0.2) is 43.0 Å². The van der Waals surface area contributed by atoms with Gasteiger partial charge in [-0.1, -0.05) is 36.4 Å². The lowest BCUT2D eigenvalue weighted by Crippen LogP contribution is -2.35. The molecule has 15 heavy (non-hydrogen) atoms. The zero-order valence-electron chi connectivity index (χ0n) is 9.31. The third kappa shape index (κ3) is 3.03. The largest absolute Gasteiger partial charge is 0.299 e. The van der Waals surface area contributed by atoms with Crippen LogP contribution in [0.5, 0.6) is 0 Å². The van der Waals surface area contributed by atoms with E-state index in [1.807, 2.05) is 49.3 Å². The molecule has 0 N–H and O–H groups in total. The summed E-state index contributed by atoms with van der Waals surface area (Å²) in [5, 5.41) is 0. The topological polar surface area (TPSA) is 20.3 Å². The summed E-state index contributed by atoms with van der Waals surface area (Å²) in [6, 6.07) is 9.27. The number of carbonyl (C=O) groups excluding carboxylic acids is 1. The van der Waals surface area contributed by atoms with Crippen molar-refractivity contribution in [1.82, 2.24) is 4.90 Å². The number of benzene rings is 1. The van der Waals surface area contributed by atoms with Crippen molar-refractivity contribution in [3.05, 3.63) is 48.6 Å². The Morgan fingerprint density at radius 2 is 2.00 bits per heavy atom. The highest BCUT2D eigenvalue weighted by molar-refractivity contribution is 6.00. The van der Waals surface area contributed by atoms with Gasteiger partial charge in [-0.3, -0.25) is 9.69 Å². The Morgan fingerprint density at radius 3 is 2.47 bits per heavy atom. The lowest BCUT2D eigenvalue weighted by Gasteiger charge is -2.21. The Kier molecular flexibility index (Phi) is 4.25. The summed E-state index contributed by atoms with van der Waals surface area (Å²) in [6.45, 7) is 3.68. The molecule has 0 fully saturated rings. The first-order valence-corrected chi connectivity index (χ1v) is 5.03. The highest BCUT2D eigenvalue weighted by Gasteiger charge is 2.20. The summed E-state index contributed by atoms with van der Waals surface area (Å²) in [4.78, 5) is 14.0. The van der Waals surface area contributed by atoms with Crippen molar-refractivity contribution in [3.8, 4) is 0 Å². The molecule has 1 rings (SSSR count). The Bertz CT molecular complexity index is 330. The van der Waals surface area contributed by atoms with E-state index in [4.69, 9.17) is 0 Å². The van der Waals surface area contributed by atoms with Gasteiger partial charge in [-0.05, 0) is 20.5 Å². The second kappa shape index (κ2) is 5.47. The molecule has 0 heterocycles. The van der Waals surface area contributed by atoms with Crippen LogP contribution < -0.4 is 0 Å². The zero-order valence-corrected chi connectivity index (χ0v) is 9.31. The van der Waals surface area contributed by atoms with Gasteiger partial charge in [0.1, 0.15) is 0 Å². The molecule has 0 aliphatic heterocycles. The molecule has 80 valence electrons. The normalized spacial score (nSPS) is 12.5. The van der Waals surface area contributed by atoms with Gasteiger partial charge in [-0.25, -0.2) is 0 Å². The predicted molar refractivity (Wildman–Crippen MR) is 63.1 cm³/mol. The number of ketones is 1. The van der Waals surface area contributed by atoms with Crippen LogP contribution in [-0.4, -0.2) is 30.8 Å². The monoisotopic (exact) mass is 203 g/mol. The first-order valence-electron chi connectivity index (χ1n) is 5.03. The van der Waals surface area contributed by atoms with Crippen molar-refractivity contribution in [2.75, 3.05) is 14.1 Å². The van der Waals surface area contributed by atoms with Gasteiger partial charge in [0.25, 0.3) is 0 Å². The fourth-order valence-electron chi connectivity index (χ4n) is 1.51. The number of rotatable bonds is 5. The standard InChI is InChI=1S/C13H17NO/c1-4-8-12(14(2)3)13(15)11-9-6-5-7-10-11/h4-7,9-10,12H,1,8H2,2-3H3. The second-order valence-electron chi connectivity index (χ2n) is 3.73. The Balaban J connectivity index is 2.86. The van der Waals surface area contributed by atoms with E-state index in [0.29, 0.717) is 6.42 Å². The summed E-state index contributed by atoms with van der Waals surface area (Å²) in [5.41, 5.74) is 0.762. The van der Waals surface area contributed by atoms with Crippen LogP contribution >= 0.6 is 0 Å². The quantitative estimate of drug-likeness (QED) is 0.541. The van der Waals surface area contributed by atoms with Crippen molar-refractivity contribution in [3.63, 3.8) is 0 Å². The Labute approximate surface area is 91.2 Å². The molecular formula is C13H17NO. The smallest absolute Gasteiger partial charge is 0.180 e. The van der Waals surface area contributed by atoms with Crippen molar-refractivity contribution >= 4 is 5.78 Å². The molecule has 1 aromatic carbocycles.